The van der Waals surface area contributed by atoms with Gasteiger partial charge in [0.2, 0.25) is 0 Å². The van der Waals surface area contributed by atoms with Gasteiger partial charge in [0.1, 0.15) is 4.90 Å². The number of nitrogens with two attached hydrogens (primary N) is 2. The van der Waals surface area contributed by atoms with Crippen LogP contribution in [0.2, 0.25) is 0 Å². The summed E-state index contributed by atoms with van der Waals surface area (Å²) in [6.45, 7) is -0.325. The Morgan fingerprint density at radius 3 is 1.90 bits per heavy atom. The fraction of sp³-hybridized carbons (Fsp3) is 0.143. The summed E-state index contributed by atoms with van der Waals surface area (Å²) < 4.78 is 65.1. The molecule has 0 fully saturated rings. The number of hydrogen-bond acceptors (Lipinski definition) is 8. The largest absolute Gasteiger partial charge is 1.00 e. The molecule has 11 nitrogen and oxygen atoms in total. The summed E-state index contributed by atoms with van der Waals surface area (Å²) in [4.78, 5) is 24.4. The van der Waals surface area contributed by atoms with Crippen LogP contribution >= 0.6 is 0 Å². The summed E-state index contributed by atoms with van der Waals surface area (Å²) in [5, 5.41) is -0.380. The molecule has 1 heterocycles. The number of hydrogen-bond donors (Lipinski definition) is 4. The minimum Gasteiger partial charge on any atom is -1.00 e. The Bertz CT molecular complexity index is 1230. The molecule has 2 aromatic rings. The van der Waals surface area contributed by atoms with Crippen LogP contribution in [0, 0.1) is 0 Å². The van der Waals surface area contributed by atoms with E-state index in [0.29, 0.717) is 4.90 Å². The summed E-state index contributed by atoms with van der Waals surface area (Å²) in [6.07, 6.45) is 0. The van der Waals surface area contributed by atoms with E-state index in [1.165, 1.54) is 0 Å². The molecule has 0 bridgehead atoms. The zero-order valence-corrected chi connectivity index (χ0v) is 23.3. The van der Waals surface area contributed by atoms with E-state index in [-0.39, 0.29) is 141 Å². The maximum atomic E-state index is 12.6. The van der Waals surface area contributed by atoms with Gasteiger partial charge < -0.3 is 14.3 Å². The Hall–Kier alpha value is 0.693. The summed E-state index contributed by atoms with van der Waals surface area (Å²) in [5.41, 5.74) is 10.00. The molecule has 1 aliphatic heterocycles. The number of rotatable bonds is 4. The minimum absolute atomic E-state index is 0. The van der Waals surface area contributed by atoms with Crippen molar-refractivity contribution in [2.24, 2.45) is 5.73 Å². The normalized spacial score (nSPS) is 13.8. The fourth-order valence-corrected chi connectivity index (χ4v) is 4.14. The molecule has 1 aliphatic rings. The number of carbonyl (C=O) groups is 2. The van der Waals surface area contributed by atoms with Gasteiger partial charge in [-0.3, -0.25) is 23.6 Å². The molecule has 0 saturated heterocycles. The number of amides is 2. The van der Waals surface area contributed by atoms with E-state index < -0.39 is 47.5 Å². The zero-order valence-electron chi connectivity index (χ0n) is 17.4. The van der Waals surface area contributed by atoms with Crippen LogP contribution in [0.3, 0.4) is 0 Å². The van der Waals surface area contributed by atoms with E-state index in [2.05, 4.69) is 0 Å². The standard InChI is InChI=1S/C14H13N3O8S2.2K.2H/c15-1-2-17-13(18)8-4-6(26(20,21)22)3-7-11(8)9(14(17)19)5-10(12(7)16)27(23,24)25;;;;/h3-5H,1-2,15-16H2,(H,20,21,22)(H,23,24,25);;;;/q;2*+1;2*-1. The Kier molecular flexibility index (Phi) is 9.25. The van der Waals surface area contributed by atoms with Crippen molar-refractivity contribution in [3.05, 3.63) is 29.3 Å². The third kappa shape index (κ3) is 5.04. The molecule has 2 aromatic carbocycles. The SMILES string of the molecule is NCCN1C(=O)c2cc(S(=O)(=O)O)cc3c(N)c(S(=O)(=O)O)cc(c23)C1=O.[H-].[H-].[K+].[K+]. The molecule has 0 radical (unpaired) electrons. The third-order valence-corrected chi connectivity index (χ3v) is 5.82. The number of nitrogen functional groups attached to an aromatic ring is 1. The molecule has 29 heavy (non-hydrogen) atoms. The maximum Gasteiger partial charge on any atom is 1.00 e. The van der Waals surface area contributed by atoms with Gasteiger partial charge in [-0.05, 0) is 18.2 Å². The first-order chi connectivity index (χ1) is 12.4. The van der Waals surface area contributed by atoms with Crippen molar-refractivity contribution in [3.8, 4) is 0 Å². The molecule has 2 amide bonds. The second-order valence-electron chi connectivity index (χ2n) is 5.73. The van der Waals surface area contributed by atoms with Crippen molar-refractivity contribution in [1.29, 1.82) is 0 Å². The van der Waals surface area contributed by atoms with Crippen molar-refractivity contribution in [2.75, 3.05) is 18.8 Å². The molecule has 3 rings (SSSR count). The molecule has 148 valence electrons. The van der Waals surface area contributed by atoms with E-state index in [0.717, 1.165) is 18.2 Å². The molecule has 0 unspecified atom stereocenters. The van der Waals surface area contributed by atoms with Crippen LogP contribution in [0.5, 0.6) is 0 Å². The fourth-order valence-electron chi connectivity index (χ4n) is 2.95. The molecule has 0 atom stereocenters. The van der Waals surface area contributed by atoms with Crippen LogP contribution in [0.1, 0.15) is 23.6 Å². The summed E-state index contributed by atoms with van der Waals surface area (Å²) >= 11 is 0. The molecule has 0 aromatic heterocycles. The third-order valence-electron chi connectivity index (χ3n) is 4.09. The van der Waals surface area contributed by atoms with Crippen molar-refractivity contribution in [2.45, 2.75) is 9.79 Å². The predicted molar refractivity (Wildman–Crippen MR) is 94.6 cm³/mol. The molecule has 0 spiro atoms. The van der Waals surface area contributed by atoms with Crippen LogP contribution in [-0.4, -0.2) is 55.7 Å². The van der Waals surface area contributed by atoms with Gasteiger partial charge in [-0.15, -0.1) is 0 Å². The smallest absolute Gasteiger partial charge is 1.00 e. The summed E-state index contributed by atoms with van der Waals surface area (Å²) in [7, 11) is -9.67. The quantitative estimate of drug-likeness (QED) is 0.137. The minimum atomic E-state index is -4.88. The maximum absolute atomic E-state index is 12.6. The molecule has 15 heteroatoms. The van der Waals surface area contributed by atoms with Crippen molar-refractivity contribution in [1.82, 2.24) is 4.90 Å². The van der Waals surface area contributed by atoms with Gasteiger partial charge in [-0.25, -0.2) is 0 Å². The molecule has 0 saturated carbocycles. The van der Waals surface area contributed by atoms with Gasteiger partial charge >= 0.3 is 103 Å². The molecule has 6 N–H and O–H groups in total. The van der Waals surface area contributed by atoms with Crippen molar-refractivity contribution in [3.63, 3.8) is 0 Å². The van der Waals surface area contributed by atoms with E-state index in [1.807, 2.05) is 0 Å². The monoisotopic (exact) mass is 495 g/mol. The summed E-state index contributed by atoms with van der Waals surface area (Å²) in [6, 6.07) is 2.48. The van der Waals surface area contributed by atoms with Gasteiger partial charge in [-0.2, -0.15) is 16.8 Å². The molecular weight excluding hydrogens is 480 g/mol. The molecular formula is C14H15K2N3O8S2. The van der Waals surface area contributed by atoms with Gasteiger partial charge in [-0.1, -0.05) is 0 Å². The number of benzene rings is 2. The average molecular weight is 496 g/mol. The average Bonchev–Trinajstić information content (AvgIpc) is 2.55. The Labute approximate surface area is 253 Å². The number of nitrogens with zero attached hydrogens (tertiary/aromatic N) is 1. The Balaban J connectivity index is 0. The first-order valence-corrected chi connectivity index (χ1v) is 10.2. The van der Waals surface area contributed by atoms with Crippen LogP contribution in [0.15, 0.2) is 28.0 Å². The van der Waals surface area contributed by atoms with E-state index in [9.17, 15) is 35.5 Å². The van der Waals surface area contributed by atoms with Crippen LogP contribution < -0.4 is 114 Å². The topological polar surface area (TPSA) is 198 Å². The zero-order chi connectivity index (χ0) is 20.3. The second kappa shape index (κ2) is 9.67. The van der Waals surface area contributed by atoms with Crippen molar-refractivity contribution >= 4 is 48.5 Å². The number of imide groups is 1. The van der Waals surface area contributed by atoms with Crippen LogP contribution in [0.25, 0.3) is 10.8 Å². The Morgan fingerprint density at radius 1 is 0.931 bits per heavy atom. The first kappa shape index (κ1) is 27.7. The summed E-state index contributed by atoms with van der Waals surface area (Å²) in [5.74, 6) is -1.76. The van der Waals surface area contributed by atoms with Crippen LogP contribution in [-0.2, 0) is 20.2 Å². The second-order valence-corrected chi connectivity index (χ2v) is 8.54. The van der Waals surface area contributed by atoms with Gasteiger partial charge in [0, 0.05) is 23.9 Å². The van der Waals surface area contributed by atoms with E-state index in [1.54, 1.807) is 0 Å². The van der Waals surface area contributed by atoms with Crippen molar-refractivity contribution < 1.29 is 141 Å². The van der Waals surface area contributed by atoms with E-state index in [4.69, 9.17) is 11.5 Å². The number of carbonyl (C=O) groups excluding carboxylic acids is 2. The van der Waals surface area contributed by atoms with Gasteiger partial charge in [0.05, 0.1) is 21.7 Å². The molecule has 0 aliphatic carbocycles. The van der Waals surface area contributed by atoms with Crippen LogP contribution in [0.4, 0.5) is 5.69 Å². The predicted octanol–water partition coefficient (Wildman–Crippen LogP) is -6.30. The number of anilines is 1. The van der Waals surface area contributed by atoms with Gasteiger partial charge in [0.25, 0.3) is 32.1 Å². The van der Waals surface area contributed by atoms with E-state index >= 15 is 0 Å². The Morgan fingerprint density at radius 2 is 1.45 bits per heavy atom. The van der Waals surface area contributed by atoms with Gasteiger partial charge in [0.15, 0.2) is 0 Å². The first-order valence-electron chi connectivity index (χ1n) is 7.29.